The molecule has 0 saturated heterocycles. The van der Waals surface area contributed by atoms with Crippen LogP contribution in [0.15, 0.2) is 49.9 Å². The Hall–Kier alpha value is -3.24. The second-order valence-electron chi connectivity index (χ2n) is 7.30. The molecular formula is C22H20N2O7. The van der Waals surface area contributed by atoms with Crippen molar-refractivity contribution in [1.29, 1.82) is 0 Å². The first-order valence-corrected chi connectivity index (χ1v) is 9.64. The summed E-state index contributed by atoms with van der Waals surface area (Å²) in [6.45, 7) is -1.92. The fraction of sp³-hybridized carbons (Fsp3) is 0.273. The van der Waals surface area contributed by atoms with Crippen LogP contribution in [0.25, 0.3) is 32.7 Å². The van der Waals surface area contributed by atoms with Gasteiger partial charge in [-0.1, -0.05) is 18.2 Å². The summed E-state index contributed by atoms with van der Waals surface area (Å²) in [7, 11) is 0. The number of nitrogens with zero attached hydrogens (tertiary/aromatic N) is 2. The van der Waals surface area contributed by atoms with E-state index in [1.165, 1.54) is 12.1 Å². The number of phenols is 1. The van der Waals surface area contributed by atoms with E-state index in [0.717, 1.165) is 0 Å². The van der Waals surface area contributed by atoms with Crippen molar-refractivity contribution < 1.29 is 25.5 Å². The molecule has 2 aliphatic carbocycles. The van der Waals surface area contributed by atoms with E-state index in [1.807, 2.05) is 0 Å². The van der Waals surface area contributed by atoms with Crippen molar-refractivity contribution in [1.82, 2.24) is 0 Å². The van der Waals surface area contributed by atoms with Gasteiger partial charge in [0.15, 0.2) is 0 Å². The molecule has 0 unspecified atom stereocenters. The highest BCUT2D eigenvalue weighted by Gasteiger charge is 2.24. The van der Waals surface area contributed by atoms with E-state index in [1.54, 1.807) is 18.2 Å². The van der Waals surface area contributed by atoms with Crippen LogP contribution >= 0.6 is 0 Å². The van der Waals surface area contributed by atoms with E-state index in [2.05, 4.69) is 9.98 Å². The van der Waals surface area contributed by atoms with Crippen molar-refractivity contribution >= 4 is 21.5 Å². The molecule has 2 aromatic rings. The molecular weight excluding hydrogens is 404 g/mol. The quantitative estimate of drug-likeness (QED) is 0.232. The zero-order valence-electron chi connectivity index (χ0n) is 16.3. The van der Waals surface area contributed by atoms with Crippen molar-refractivity contribution in [3.63, 3.8) is 0 Å². The Morgan fingerprint density at radius 3 is 1.71 bits per heavy atom. The second kappa shape index (κ2) is 8.12. The number of aromatic hydroxyl groups is 1. The van der Waals surface area contributed by atoms with Gasteiger partial charge in [0.25, 0.3) is 0 Å². The Morgan fingerprint density at radius 1 is 0.677 bits per heavy atom. The average molecular weight is 424 g/mol. The largest absolute Gasteiger partial charge is 0.508 e. The zero-order valence-corrected chi connectivity index (χ0v) is 16.3. The van der Waals surface area contributed by atoms with E-state index in [4.69, 9.17) is 0 Å². The summed E-state index contributed by atoms with van der Waals surface area (Å²) in [5.74, 6) is -0.268. The van der Waals surface area contributed by atoms with Gasteiger partial charge in [0.1, 0.15) is 16.5 Å². The standard InChI is InChI=1S/C22H20N2O7/c25-6-10(7-26)23-19-13-2-1-3-14-17(13)18-15(4-12(29)5-16(18)22(19)31)20(21(14)30)24-11(8-27)9-28/h1-5,10-11,25-29H,6-9H2. The molecule has 0 amide bonds. The Labute approximate surface area is 174 Å². The van der Waals surface area contributed by atoms with Gasteiger partial charge in [-0.2, -0.15) is 0 Å². The second-order valence-corrected chi connectivity index (χ2v) is 7.30. The molecule has 0 atom stereocenters. The van der Waals surface area contributed by atoms with Gasteiger partial charge in [0, 0.05) is 32.7 Å². The molecule has 0 radical (unpaired) electrons. The number of aliphatic hydroxyl groups excluding tert-OH is 4. The van der Waals surface area contributed by atoms with Crippen LogP contribution in [-0.4, -0.2) is 64.0 Å². The number of aliphatic hydroxyl groups is 4. The summed E-state index contributed by atoms with van der Waals surface area (Å²) in [6.07, 6.45) is 0. The summed E-state index contributed by atoms with van der Waals surface area (Å²) >= 11 is 0. The lowest BCUT2D eigenvalue weighted by Gasteiger charge is -2.17. The van der Waals surface area contributed by atoms with Crippen LogP contribution < -0.4 is 21.6 Å². The zero-order chi connectivity index (χ0) is 22.3. The van der Waals surface area contributed by atoms with Crippen LogP contribution in [-0.2, 0) is 0 Å². The van der Waals surface area contributed by atoms with Gasteiger partial charge in [-0.3, -0.25) is 19.6 Å². The predicted molar refractivity (Wildman–Crippen MR) is 113 cm³/mol. The number of hydrogen-bond donors (Lipinski definition) is 5. The van der Waals surface area contributed by atoms with E-state index in [-0.39, 0.29) is 32.6 Å². The molecule has 2 aromatic carbocycles. The third kappa shape index (κ3) is 3.28. The molecule has 31 heavy (non-hydrogen) atoms. The molecule has 9 nitrogen and oxygen atoms in total. The molecule has 4 rings (SSSR count). The van der Waals surface area contributed by atoms with Gasteiger partial charge < -0.3 is 25.5 Å². The van der Waals surface area contributed by atoms with Crippen LogP contribution in [0.5, 0.6) is 5.75 Å². The number of benzene rings is 4. The average Bonchev–Trinajstić information content (AvgIpc) is 2.78. The molecule has 0 bridgehead atoms. The smallest absolute Gasteiger partial charge is 0.212 e. The monoisotopic (exact) mass is 424 g/mol. The van der Waals surface area contributed by atoms with Gasteiger partial charge in [0.05, 0.1) is 38.5 Å². The van der Waals surface area contributed by atoms with Crippen molar-refractivity contribution in [2.24, 2.45) is 9.98 Å². The summed E-state index contributed by atoms with van der Waals surface area (Å²) in [5, 5.41) is 48.8. The van der Waals surface area contributed by atoms with Crippen molar-refractivity contribution in [2.45, 2.75) is 12.1 Å². The normalized spacial score (nSPS) is 13.7. The highest BCUT2D eigenvalue weighted by Crippen LogP contribution is 2.36. The molecule has 0 aliphatic heterocycles. The van der Waals surface area contributed by atoms with Gasteiger partial charge >= 0.3 is 0 Å². The Morgan fingerprint density at radius 2 is 1.13 bits per heavy atom. The van der Waals surface area contributed by atoms with Crippen LogP contribution in [0.1, 0.15) is 0 Å². The third-order valence-corrected chi connectivity index (χ3v) is 5.33. The van der Waals surface area contributed by atoms with E-state index in [0.29, 0.717) is 16.5 Å². The summed E-state index contributed by atoms with van der Waals surface area (Å²) in [5.41, 5.74) is -0.153. The Kier molecular flexibility index (Phi) is 5.50. The first-order chi connectivity index (χ1) is 14.9. The fourth-order valence-corrected chi connectivity index (χ4v) is 3.87. The van der Waals surface area contributed by atoms with Gasteiger partial charge in [-0.25, -0.2) is 0 Å². The van der Waals surface area contributed by atoms with E-state index < -0.39 is 49.4 Å². The maximum atomic E-state index is 13.3. The first-order valence-electron chi connectivity index (χ1n) is 9.64. The molecule has 5 N–H and O–H groups in total. The maximum Gasteiger partial charge on any atom is 0.212 e. The van der Waals surface area contributed by atoms with Crippen molar-refractivity contribution in [3.8, 4) is 16.9 Å². The number of rotatable bonds is 6. The minimum Gasteiger partial charge on any atom is -0.508 e. The predicted octanol–water partition coefficient (Wildman–Crippen LogP) is -1.66. The molecule has 0 aromatic heterocycles. The van der Waals surface area contributed by atoms with Gasteiger partial charge in [0.2, 0.25) is 10.9 Å². The Balaban J connectivity index is 2.33. The lowest BCUT2D eigenvalue weighted by Crippen LogP contribution is -2.35. The molecule has 0 saturated carbocycles. The fourth-order valence-electron chi connectivity index (χ4n) is 3.87. The number of hydrogen-bond acceptors (Lipinski definition) is 9. The SMILES string of the molecule is O=c1c(=NC(CO)CO)c2cccc3c2-c2c1cc(O)cc2c(=NC(CO)CO)c3=O. The van der Waals surface area contributed by atoms with Crippen LogP contribution in [0.2, 0.25) is 0 Å². The summed E-state index contributed by atoms with van der Waals surface area (Å²) in [4.78, 5) is 35.0. The van der Waals surface area contributed by atoms with E-state index in [9.17, 15) is 35.1 Å². The lowest BCUT2D eigenvalue weighted by atomic mass is 9.86. The van der Waals surface area contributed by atoms with Crippen LogP contribution in [0, 0.1) is 0 Å². The topological polar surface area (TPSA) is 160 Å². The van der Waals surface area contributed by atoms with Gasteiger partial charge in [-0.15, -0.1) is 0 Å². The minimum absolute atomic E-state index is 0.0224. The molecule has 9 heteroatoms. The Bertz CT molecular complexity index is 1450. The molecule has 0 fully saturated rings. The third-order valence-electron chi connectivity index (χ3n) is 5.33. The molecule has 2 aliphatic rings. The molecule has 160 valence electrons. The highest BCUT2D eigenvalue weighted by atomic mass is 16.3. The maximum absolute atomic E-state index is 13.3. The highest BCUT2D eigenvalue weighted by molar-refractivity contribution is 6.11. The van der Waals surface area contributed by atoms with Crippen molar-refractivity contribution in [2.75, 3.05) is 26.4 Å². The number of phenolic OH excluding ortho intramolecular Hbond substituents is 1. The van der Waals surface area contributed by atoms with E-state index >= 15 is 0 Å². The van der Waals surface area contributed by atoms with Crippen LogP contribution in [0.4, 0.5) is 0 Å². The van der Waals surface area contributed by atoms with Gasteiger partial charge in [-0.05, 0) is 12.1 Å². The summed E-state index contributed by atoms with van der Waals surface area (Å²) < 4.78 is 0. The molecule has 0 spiro atoms. The van der Waals surface area contributed by atoms with Crippen molar-refractivity contribution in [3.05, 3.63) is 61.5 Å². The minimum atomic E-state index is -0.937. The lowest BCUT2D eigenvalue weighted by molar-refractivity contribution is 0.193. The molecule has 0 heterocycles. The summed E-state index contributed by atoms with van der Waals surface area (Å²) in [6, 6.07) is 5.53. The first kappa shape index (κ1) is 21.0. The van der Waals surface area contributed by atoms with Crippen LogP contribution in [0.3, 0.4) is 0 Å².